The Morgan fingerprint density at radius 1 is 1.08 bits per heavy atom. The van der Waals surface area contributed by atoms with E-state index in [2.05, 4.69) is 45.3 Å². The van der Waals surface area contributed by atoms with Gasteiger partial charge in [0, 0.05) is 17.8 Å². The summed E-state index contributed by atoms with van der Waals surface area (Å²) >= 11 is 0. The highest BCUT2D eigenvalue weighted by Crippen LogP contribution is 2.37. The number of benzene rings is 2. The summed E-state index contributed by atoms with van der Waals surface area (Å²) < 4.78 is 13.8. The van der Waals surface area contributed by atoms with Crippen LogP contribution in [0.5, 0.6) is 0 Å². The van der Waals surface area contributed by atoms with E-state index in [0.717, 1.165) is 12.2 Å². The number of aromatic nitrogens is 2. The molecular weight excluding hydrogens is 303 g/mol. The summed E-state index contributed by atoms with van der Waals surface area (Å²) in [5, 5.41) is 3.02. The molecule has 0 radical (unpaired) electrons. The van der Waals surface area contributed by atoms with Crippen molar-refractivity contribution < 1.29 is 4.39 Å². The predicted octanol–water partition coefficient (Wildman–Crippen LogP) is 4.44. The van der Waals surface area contributed by atoms with Crippen LogP contribution in [0, 0.1) is 5.82 Å². The number of anilines is 4. The maximum absolute atomic E-state index is 13.8. The first-order chi connectivity index (χ1) is 11.7. The third kappa shape index (κ3) is 2.58. The Morgan fingerprint density at radius 2 is 1.88 bits per heavy atom. The molecule has 120 valence electrons. The van der Waals surface area contributed by atoms with E-state index < -0.39 is 0 Å². The van der Waals surface area contributed by atoms with E-state index in [0.29, 0.717) is 17.5 Å². The predicted molar refractivity (Wildman–Crippen MR) is 93.5 cm³/mol. The normalized spacial score (nSPS) is 16.1. The molecule has 0 amide bonds. The van der Waals surface area contributed by atoms with Crippen LogP contribution in [0.1, 0.15) is 12.5 Å². The molecule has 0 aliphatic carbocycles. The number of para-hydroxylation sites is 2. The van der Waals surface area contributed by atoms with Crippen molar-refractivity contribution in [3.8, 4) is 0 Å². The van der Waals surface area contributed by atoms with Crippen molar-refractivity contribution in [1.29, 1.82) is 0 Å². The molecule has 1 unspecified atom stereocenters. The zero-order valence-corrected chi connectivity index (χ0v) is 13.3. The molecule has 1 N–H and O–H groups in total. The maximum atomic E-state index is 13.8. The summed E-state index contributed by atoms with van der Waals surface area (Å²) in [6.45, 7) is 2.17. The van der Waals surface area contributed by atoms with E-state index in [4.69, 9.17) is 0 Å². The zero-order valence-electron chi connectivity index (χ0n) is 13.3. The van der Waals surface area contributed by atoms with Crippen LogP contribution in [-0.4, -0.2) is 16.0 Å². The van der Waals surface area contributed by atoms with Gasteiger partial charge in [-0.05, 0) is 37.1 Å². The Morgan fingerprint density at radius 3 is 2.75 bits per heavy atom. The fraction of sp³-hybridized carbons (Fsp3) is 0.158. The molecular formula is C19H17FN4. The van der Waals surface area contributed by atoms with Crippen molar-refractivity contribution in [3.63, 3.8) is 0 Å². The van der Waals surface area contributed by atoms with Crippen LogP contribution < -0.4 is 10.2 Å². The Hall–Kier alpha value is -2.95. The summed E-state index contributed by atoms with van der Waals surface area (Å²) in [5.74, 6) is 1.07. The lowest BCUT2D eigenvalue weighted by molar-refractivity contribution is 0.632. The lowest BCUT2D eigenvalue weighted by Crippen LogP contribution is -2.24. The number of nitrogens with zero attached hydrogens (tertiary/aromatic N) is 3. The minimum Gasteiger partial charge on any atom is -0.338 e. The van der Waals surface area contributed by atoms with Gasteiger partial charge in [-0.25, -0.2) is 14.4 Å². The van der Waals surface area contributed by atoms with Gasteiger partial charge in [-0.1, -0.05) is 30.3 Å². The lowest BCUT2D eigenvalue weighted by Gasteiger charge is -2.24. The quantitative estimate of drug-likeness (QED) is 0.774. The number of hydrogen-bond acceptors (Lipinski definition) is 4. The van der Waals surface area contributed by atoms with E-state index >= 15 is 0 Å². The number of halogens is 1. The van der Waals surface area contributed by atoms with Gasteiger partial charge in [0.25, 0.3) is 0 Å². The molecule has 3 aromatic rings. The highest BCUT2D eigenvalue weighted by atomic mass is 19.1. The highest BCUT2D eigenvalue weighted by molar-refractivity contribution is 5.71. The molecule has 5 heteroatoms. The largest absolute Gasteiger partial charge is 0.338 e. The van der Waals surface area contributed by atoms with Gasteiger partial charge in [0.15, 0.2) is 0 Å². The van der Waals surface area contributed by atoms with Crippen molar-refractivity contribution in [2.24, 2.45) is 0 Å². The Balaban J connectivity index is 1.67. The van der Waals surface area contributed by atoms with Gasteiger partial charge in [-0.3, -0.25) is 0 Å². The maximum Gasteiger partial charge on any atom is 0.146 e. The van der Waals surface area contributed by atoms with Crippen LogP contribution in [0.15, 0.2) is 60.9 Å². The van der Waals surface area contributed by atoms with Crippen molar-refractivity contribution in [1.82, 2.24) is 9.97 Å². The standard InChI is InChI=1S/C19H17FN4/c1-13-10-14-6-2-5-9-17(14)24(13)19-11-18(21-12-22-19)23-16-8-4-3-7-15(16)20/h2-9,11-13H,10H2,1H3,(H,21,22,23). The third-order valence-electron chi connectivity index (χ3n) is 4.24. The van der Waals surface area contributed by atoms with Crippen LogP contribution in [0.2, 0.25) is 0 Å². The van der Waals surface area contributed by atoms with Crippen molar-refractivity contribution in [3.05, 3.63) is 72.3 Å². The molecule has 2 aromatic carbocycles. The van der Waals surface area contributed by atoms with Gasteiger partial charge < -0.3 is 10.2 Å². The zero-order chi connectivity index (χ0) is 16.5. The lowest BCUT2D eigenvalue weighted by atomic mass is 10.1. The topological polar surface area (TPSA) is 41.0 Å². The molecule has 4 nitrogen and oxygen atoms in total. The van der Waals surface area contributed by atoms with Gasteiger partial charge in [0.2, 0.25) is 0 Å². The second-order valence-corrected chi connectivity index (χ2v) is 5.92. The van der Waals surface area contributed by atoms with Crippen LogP contribution in [-0.2, 0) is 6.42 Å². The van der Waals surface area contributed by atoms with E-state index in [1.807, 2.05) is 12.1 Å². The van der Waals surface area contributed by atoms with E-state index in [1.165, 1.54) is 23.6 Å². The van der Waals surface area contributed by atoms with Crippen molar-refractivity contribution >= 4 is 23.0 Å². The van der Waals surface area contributed by atoms with Crippen LogP contribution in [0.3, 0.4) is 0 Å². The van der Waals surface area contributed by atoms with Crippen molar-refractivity contribution in [2.45, 2.75) is 19.4 Å². The minimum absolute atomic E-state index is 0.308. The average Bonchev–Trinajstić information content (AvgIpc) is 2.93. The summed E-state index contributed by atoms with van der Waals surface area (Å²) in [6, 6.07) is 17.1. The first-order valence-electron chi connectivity index (χ1n) is 7.93. The second-order valence-electron chi connectivity index (χ2n) is 5.92. The van der Waals surface area contributed by atoms with Crippen LogP contribution in [0.25, 0.3) is 0 Å². The first kappa shape index (κ1) is 14.6. The molecule has 0 spiro atoms. The molecule has 1 aromatic heterocycles. The molecule has 1 aliphatic rings. The van der Waals surface area contributed by atoms with E-state index in [1.54, 1.807) is 18.2 Å². The fourth-order valence-corrected chi connectivity index (χ4v) is 3.16. The average molecular weight is 320 g/mol. The fourth-order valence-electron chi connectivity index (χ4n) is 3.16. The third-order valence-corrected chi connectivity index (χ3v) is 4.24. The molecule has 2 heterocycles. The highest BCUT2D eigenvalue weighted by Gasteiger charge is 2.27. The molecule has 0 saturated carbocycles. The van der Waals surface area contributed by atoms with Crippen LogP contribution >= 0.6 is 0 Å². The minimum atomic E-state index is -0.308. The Bertz CT molecular complexity index is 881. The summed E-state index contributed by atoms with van der Waals surface area (Å²) in [4.78, 5) is 10.8. The molecule has 4 rings (SSSR count). The number of nitrogens with one attached hydrogen (secondary N) is 1. The molecule has 0 bridgehead atoms. The number of fused-ring (bicyclic) bond motifs is 1. The Kier molecular flexibility index (Phi) is 3.61. The van der Waals surface area contributed by atoms with E-state index in [9.17, 15) is 4.39 Å². The number of rotatable bonds is 3. The smallest absolute Gasteiger partial charge is 0.146 e. The summed E-state index contributed by atoms with van der Waals surface area (Å²) in [5.41, 5.74) is 2.88. The summed E-state index contributed by atoms with van der Waals surface area (Å²) in [7, 11) is 0. The van der Waals surface area contributed by atoms with Gasteiger partial charge in [0.1, 0.15) is 23.8 Å². The first-order valence-corrected chi connectivity index (χ1v) is 7.93. The van der Waals surface area contributed by atoms with E-state index in [-0.39, 0.29) is 5.82 Å². The van der Waals surface area contributed by atoms with Crippen LogP contribution in [0.4, 0.5) is 27.4 Å². The SMILES string of the molecule is CC1Cc2ccccc2N1c1cc(Nc2ccccc2F)ncn1. The number of hydrogen-bond donors (Lipinski definition) is 1. The van der Waals surface area contributed by atoms with Gasteiger partial charge in [-0.2, -0.15) is 0 Å². The van der Waals surface area contributed by atoms with Gasteiger partial charge >= 0.3 is 0 Å². The van der Waals surface area contributed by atoms with Gasteiger partial charge in [0.05, 0.1) is 5.69 Å². The molecule has 1 atom stereocenters. The second kappa shape index (κ2) is 5.92. The molecule has 0 fully saturated rings. The monoisotopic (exact) mass is 320 g/mol. The van der Waals surface area contributed by atoms with Gasteiger partial charge in [-0.15, -0.1) is 0 Å². The summed E-state index contributed by atoms with van der Waals surface area (Å²) in [6.07, 6.45) is 2.49. The Labute approximate surface area is 140 Å². The molecule has 1 aliphatic heterocycles. The molecule has 0 saturated heterocycles. The molecule has 24 heavy (non-hydrogen) atoms. The van der Waals surface area contributed by atoms with Crippen molar-refractivity contribution in [2.75, 3.05) is 10.2 Å².